The van der Waals surface area contributed by atoms with E-state index in [0.29, 0.717) is 23.8 Å². The van der Waals surface area contributed by atoms with Gasteiger partial charge < -0.3 is 0 Å². The van der Waals surface area contributed by atoms with Crippen LogP contribution in [0, 0.1) is 0 Å². The number of piperidine rings is 1. The molecule has 1 aromatic carbocycles. The van der Waals surface area contributed by atoms with E-state index in [1.54, 1.807) is 12.1 Å². The van der Waals surface area contributed by atoms with E-state index in [9.17, 15) is 13.2 Å². The molecule has 1 aliphatic rings. The number of sulfonamides is 1. The van der Waals surface area contributed by atoms with E-state index in [1.165, 1.54) is 27.8 Å². The molecule has 0 atom stereocenters. The summed E-state index contributed by atoms with van der Waals surface area (Å²) < 4.78 is 27.1. The van der Waals surface area contributed by atoms with E-state index in [0.717, 1.165) is 43.5 Å². The molecule has 1 amide bonds. The summed E-state index contributed by atoms with van der Waals surface area (Å²) >= 11 is 1.35. The van der Waals surface area contributed by atoms with Gasteiger partial charge in [-0.15, -0.1) is 10.2 Å². The van der Waals surface area contributed by atoms with Crippen molar-refractivity contribution in [2.45, 2.75) is 50.3 Å². The van der Waals surface area contributed by atoms with Gasteiger partial charge in [-0.25, -0.2) is 8.42 Å². The van der Waals surface area contributed by atoms with Crippen LogP contribution in [-0.4, -0.2) is 41.9 Å². The zero-order chi connectivity index (χ0) is 19.3. The highest BCUT2D eigenvalue weighted by atomic mass is 32.2. The standard InChI is InChI=1S/C18H24N4O3S2/c1-2-3-10-16-20-21-18(26-16)19-17(23)14-8-7-9-15(13-14)27(24,25)22-11-5-4-6-12-22/h7-9,13H,2-6,10-12H2,1H3,(H,19,21,23). The van der Waals surface area contributed by atoms with Gasteiger partial charge in [-0.3, -0.25) is 10.1 Å². The van der Waals surface area contributed by atoms with Crippen LogP contribution in [0.1, 0.15) is 54.4 Å². The molecule has 0 spiro atoms. The smallest absolute Gasteiger partial charge is 0.257 e. The fraction of sp³-hybridized carbons (Fsp3) is 0.500. The number of amides is 1. The van der Waals surface area contributed by atoms with Gasteiger partial charge in [0.25, 0.3) is 5.91 Å². The highest BCUT2D eigenvalue weighted by Crippen LogP contribution is 2.22. The predicted molar refractivity (Wildman–Crippen MR) is 106 cm³/mol. The average Bonchev–Trinajstić information content (AvgIpc) is 3.14. The van der Waals surface area contributed by atoms with Gasteiger partial charge in [-0.05, 0) is 37.5 Å². The van der Waals surface area contributed by atoms with Gasteiger partial charge >= 0.3 is 0 Å². The average molecular weight is 409 g/mol. The normalized spacial score (nSPS) is 15.6. The molecule has 27 heavy (non-hydrogen) atoms. The predicted octanol–water partition coefficient (Wildman–Crippen LogP) is 3.31. The molecule has 1 aliphatic heterocycles. The summed E-state index contributed by atoms with van der Waals surface area (Å²) in [6, 6.07) is 6.16. The molecule has 1 N–H and O–H groups in total. The Morgan fingerprint density at radius 3 is 2.74 bits per heavy atom. The Morgan fingerprint density at radius 2 is 2.00 bits per heavy atom. The monoisotopic (exact) mass is 408 g/mol. The second kappa shape index (κ2) is 8.90. The maximum atomic E-state index is 12.8. The Labute approximate surface area is 163 Å². The van der Waals surface area contributed by atoms with Crippen LogP contribution >= 0.6 is 11.3 Å². The third kappa shape index (κ3) is 4.91. The number of benzene rings is 1. The second-order valence-electron chi connectivity index (χ2n) is 6.55. The number of unbranched alkanes of at least 4 members (excludes halogenated alkanes) is 1. The first-order valence-corrected chi connectivity index (χ1v) is 11.5. The topological polar surface area (TPSA) is 92.3 Å². The fourth-order valence-corrected chi connectivity index (χ4v) is 5.29. The minimum Gasteiger partial charge on any atom is -0.296 e. The maximum Gasteiger partial charge on any atom is 0.257 e. The Hall–Kier alpha value is -1.84. The van der Waals surface area contributed by atoms with Crippen LogP contribution in [0.2, 0.25) is 0 Å². The highest BCUT2D eigenvalue weighted by molar-refractivity contribution is 7.89. The summed E-state index contributed by atoms with van der Waals surface area (Å²) in [5.74, 6) is -0.385. The van der Waals surface area contributed by atoms with Gasteiger partial charge in [0.05, 0.1) is 4.90 Å². The van der Waals surface area contributed by atoms with Crippen molar-refractivity contribution in [3.05, 3.63) is 34.8 Å². The third-order valence-corrected chi connectivity index (χ3v) is 7.27. The van der Waals surface area contributed by atoms with Crippen molar-refractivity contribution in [3.8, 4) is 0 Å². The molecule has 146 valence electrons. The molecule has 0 unspecified atom stereocenters. The number of carbonyl (C=O) groups is 1. The molecule has 2 heterocycles. The summed E-state index contributed by atoms with van der Waals surface area (Å²) in [6.45, 7) is 3.17. The molecule has 0 bridgehead atoms. The number of hydrogen-bond acceptors (Lipinski definition) is 6. The molecule has 9 heteroatoms. The summed E-state index contributed by atoms with van der Waals surface area (Å²) in [5.41, 5.74) is 0.290. The Bertz CT molecular complexity index is 890. The van der Waals surface area contributed by atoms with Crippen molar-refractivity contribution < 1.29 is 13.2 Å². The molecule has 1 saturated heterocycles. The van der Waals surface area contributed by atoms with Gasteiger partial charge in [0, 0.05) is 25.1 Å². The number of aryl methyl sites for hydroxylation is 1. The molecule has 0 saturated carbocycles. The quantitative estimate of drug-likeness (QED) is 0.759. The molecular formula is C18H24N4O3S2. The number of anilines is 1. The van der Waals surface area contributed by atoms with Crippen LogP contribution in [0.15, 0.2) is 29.2 Å². The lowest BCUT2D eigenvalue weighted by Gasteiger charge is -2.26. The van der Waals surface area contributed by atoms with E-state index in [-0.39, 0.29) is 10.8 Å². The van der Waals surface area contributed by atoms with Crippen molar-refractivity contribution in [1.82, 2.24) is 14.5 Å². The molecule has 2 aromatic rings. The molecule has 0 radical (unpaired) electrons. The summed E-state index contributed by atoms with van der Waals surface area (Å²) in [5, 5.41) is 12.1. The molecule has 1 aromatic heterocycles. The van der Waals surface area contributed by atoms with Crippen LogP contribution in [0.25, 0.3) is 0 Å². The number of aromatic nitrogens is 2. The SMILES string of the molecule is CCCCc1nnc(NC(=O)c2cccc(S(=O)(=O)N3CCCCC3)c2)s1. The number of hydrogen-bond donors (Lipinski definition) is 1. The van der Waals surface area contributed by atoms with Crippen molar-refractivity contribution in [2.75, 3.05) is 18.4 Å². The molecule has 7 nitrogen and oxygen atoms in total. The largest absolute Gasteiger partial charge is 0.296 e. The van der Waals surface area contributed by atoms with E-state index >= 15 is 0 Å². The van der Waals surface area contributed by atoms with E-state index in [4.69, 9.17) is 0 Å². The maximum absolute atomic E-state index is 12.8. The zero-order valence-corrected chi connectivity index (χ0v) is 17.0. The molecule has 0 aliphatic carbocycles. The van der Waals surface area contributed by atoms with Crippen molar-refractivity contribution in [2.24, 2.45) is 0 Å². The van der Waals surface area contributed by atoms with Gasteiger partial charge in [-0.1, -0.05) is 37.2 Å². The van der Waals surface area contributed by atoms with Gasteiger partial charge in [0.15, 0.2) is 0 Å². The minimum absolute atomic E-state index is 0.151. The van der Waals surface area contributed by atoms with Crippen molar-refractivity contribution in [1.29, 1.82) is 0 Å². The lowest BCUT2D eigenvalue weighted by atomic mass is 10.2. The number of carbonyl (C=O) groups excluding carboxylic acids is 1. The lowest BCUT2D eigenvalue weighted by molar-refractivity contribution is 0.102. The first kappa shape index (κ1) is 19.9. The van der Waals surface area contributed by atoms with Gasteiger partial charge in [0.1, 0.15) is 5.01 Å². The fourth-order valence-electron chi connectivity index (χ4n) is 2.95. The Kier molecular flexibility index (Phi) is 6.56. The molecular weight excluding hydrogens is 384 g/mol. The molecule has 1 fully saturated rings. The summed E-state index contributed by atoms with van der Waals surface area (Å²) in [4.78, 5) is 12.7. The van der Waals surface area contributed by atoms with Crippen LogP contribution < -0.4 is 5.32 Å². The van der Waals surface area contributed by atoms with Gasteiger partial charge in [0.2, 0.25) is 15.2 Å². The Morgan fingerprint density at radius 1 is 1.22 bits per heavy atom. The highest BCUT2D eigenvalue weighted by Gasteiger charge is 2.26. The number of nitrogens with one attached hydrogen (secondary N) is 1. The van der Waals surface area contributed by atoms with Gasteiger partial charge in [-0.2, -0.15) is 4.31 Å². The van der Waals surface area contributed by atoms with E-state index in [2.05, 4.69) is 22.4 Å². The summed E-state index contributed by atoms with van der Waals surface area (Å²) in [6.07, 6.45) is 5.73. The molecule has 3 rings (SSSR count). The van der Waals surface area contributed by atoms with Crippen molar-refractivity contribution in [3.63, 3.8) is 0 Å². The lowest BCUT2D eigenvalue weighted by Crippen LogP contribution is -2.35. The van der Waals surface area contributed by atoms with Crippen LogP contribution in [0.3, 0.4) is 0 Å². The number of nitrogens with zero attached hydrogens (tertiary/aromatic N) is 3. The first-order valence-electron chi connectivity index (χ1n) is 9.24. The first-order chi connectivity index (χ1) is 13.0. The van der Waals surface area contributed by atoms with E-state index < -0.39 is 10.0 Å². The van der Waals surface area contributed by atoms with Crippen LogP contribution in [0.5, 0.6) is 0 Å². The number of rotatable bonds is 7. The Balaban J connectivity index is 1.72. The second-order valence-corrected chi connectivity index (χ2v) is 9.55. The van der Waals surface area contributed by atoms with E-state index in [1.807, 2.05) is 0 Å². The van der Waals surface area contributed by atoms with Crippen LogP contribution in [0.4, 0.5) is 5.13 Å². The summed E-state index contributed by atoms with van der Waals surface area (Å²) in [7, 11) is -3.57. The van der Waals surface area contributed by atoms with Crippen LogP contribution in [-0.2, 0) is 16.4 Å². The van der Waals surface area contributed by atoms with Crippen molar-refractivity contribution >= 4 is 32.4 Å². The minimum atomic E-state index is -3.57. The third-order valence-electron chi connectivity index (χ3n) is 4.48. The zero-order valence-electron chi connectivity index (χ0n) is 15.3.